The van der Waals surface area contributed by atoms with Gasteiger partial charge in [-0.15, -0.1) is 0 Å². The first-order chi connectivity index (χ1) is 17.0. The van der Waals surface area contributed by atoms with Crippen LogP contribution in [-0.4, -0.2) is 71.1 Å². The zero-order chi connectivity index (χ0) is 26.1. The summed E-state index contributed by atoms with van der Waals surface area (Å²) in [5.41, 5.74) is 0.543. The fourth-order valence-electron chi connectivity index (χ4n) is 4.15. The number of benzene rings is 1. The Morgan fingerprint density at radius 2 is 1.78 bits per heavy atom. The first kappa shape index (κ1) is 25.8. The van der Waals surface area contributed by atoms with Gasteiger partial charge in [-0.25, -0.2) is 13.4 Å². The molecule has 0 unspecified atom stereocenters. The zero-order valence-corrected chi connectivity index (χ0v) is 20.5. The monoisotopic (exact) mass is 526 g/mol. The zero-order valence-electron chi connectivity index (χ0n) is 19.7. The Morgan fingerprint density at radius 1 is 1.11 bits per heavy atom. The number of piperazine rings is 1. The molecule has 0 amide bonds. The molecule has 1 aliphatic rings. The van der Waals surface area contributed by atoms with E-state index < -0.39 is 21.8 Å². The van der Waals surface area contributed by atoms with E-state index in [1.165, 1.54) is 10.6 Å². The molecule has 10 nitrogen and oxygen atoms in total. The third-order valence-corrected chi connectivity index (χ3v) is 7.86. The van der Waals surface area contributed by atoms with E-state index in [1.807, 2.05) is 11.8 Å². The van der Waals surface area contributed by atoms with Gasteiger partial charge in [-0.3, -0.25) is 4.79 Å². The maximum atomic E-state index is 13.1. The molecular weight excluding hydrogens is 501 g/mol. The lowest BCUT2D eigenvalue weighted by Gasteiger charge is -2.36. The van der Waals surface area contributed by atoms with Gasteiger partial charge >= 0.3 is 12.1 Å². The summed E-state index contributed by atoms with van der Waals surface area (Å²) in [6.45, 7) is 4.63. The van der Waals surface area contributed by atoms with Gasteiger partial charge in [0.15, 0.2) is 0 Å². The smallest absolute Gasteiger partial charge is 0.416 e. The molecule has 1 aliphatic heterocycles. The second-order valence-electron chi connectivity index (χ2n) is 8.19. The largest absolute Gasteiger partial charge is 0.466 e. The number of halogens is 3. The molecule has 2 aromatic heterocycles. The van der Waals surface area contributed by atoms with Crippen molar-refractivity contribution >= 4 is 27.6 Å². The fraction of sp³-hybridized carbons (Fsp3) is 0.455. The number of alkyl halides is 3. The van der Waals surface area contributed by atoms with Gasteiger partial charge in [-0.1, -0.05) is 0 Å². The molecule has 0 atom stereocenters. The van der Waals surface area contributed by atoms with E-state index in [0.717, 1.165) is 29.8 Å². The maximum absolute atomic E-state index is 13.1. The van der Waals surface area contributed by atoms with E-state index in [1.54, 1.807) is 11.4 Å². The maximum Gasteiger partial charge on any atom is 0.416 e. The number of esters is 1. The van der Waals surface area contributed by atoms with Crippen LogP contribution in [0.1, 0.15) is 30.2 Å². The Labute approximate surface area is 205 Å². The van der Waals surface area contributed by atoms with Crippen LogP contribution >= 0.6 is 0 Å². The number of fused-ring (bicyclic) bond motifs is 1. The Hall–Kier alpha value is -3.26. The van der Waals surface area contributed by atoms with Gasteiger partial charge in [-0.05, 0) is 44.5 Å². The van der Waals surface area contributed by atoms with Crippen molar-refractivity contribution in [1.29, 1.82) is 0 Å². The number of carbonyl (C=O) groups excluding carboxylic acids is 1. The summed E-state index contributed by atoms with van der Waals surface area (Å²) >= 11 is 0. The molecule has 1 aromatic carbocycles. The molecule has 4 rings (SSSR count). The number of aryl methyl sites for hydroxylation is 1. The lowest BCUT2D eigenvalue weighted by molar-refractivity contribution is -0.143. The molecule has 0 aliphatic carbocycles. The van der Waals surface area contributed by atoms with Crippen molar-refractivity contribution in [3.63, 3.8) is 0 Å². The molecule has 3 heterocycles. The van der Waals surface area contributed by atoms with E-state index >= 15 is 0 Å². The van der Waals surface area contributed by atoms with Crippen LogP contribution in [0.25, 0.3) is 5.78 Å². The lowest BCUT2D eigenvalue weighted by atomic mass is 10.1. The minimum atomic E-state index is -4.55. The average Bonchev–Trinajstić information content (AvgIpc) is 3.30. The minimum Gasteiger partial charge on any atom is -0.466 e. The highest BCUT2D eigenvalue weighted by atomic mass is 32.2. The van der Waals surface area contributed by atoms with Crippen molar-refractivity contribution in [2.24, 2.45) is 0 Å². The molecule has 0 radical (unpaired) electrons. The van der Waals surface area contributed by atoms with E-state index in [-0.39, 0.29) is 37.0 Å². The predicted octanol–water partition coefficient (Wildman–Crippen LogP) is 2.46. The fourth-order valence-corrected chi connectivity index (χ4v) is 5.57. The summed E-state index contributed by atoms with van der Waals surface area (Å²) in [6, 6.07) is 3.48. The molecule has 14 heteroatoms. The molecule has 1 saturated heterocycles. The third-order valence-electron chi connectivity index (χ3n) is 5.95. The Bertz CT molecular complexity index is 1350. The average molecular weight is 527 g/mol. The molecule has 0 N–H and O–H groups in total. The summed E-state index contributed by atoms with van der Waals surface area (Å²) < 4.78 is 72.5. The number of hydrogen-bond acceptors (Lipinski definition) is 8. The summed E-state index contributed by atoms with van der Waals surface area (Å²) in [7, 11) is -3.98. The van der Waals surface area contributed by atoms with Crippen molar-refractivity contribution in [2.75, 3.05) is 37.7 Å². The first-order valence-electron chi connectivity index (χ1n) is 11.3. The van der Waals surface area contributed by atoms with Crippen molar-refractivity contribution < 1.29 is 31.1 Å². The molecule has 1 fully saturated rings. The summed E-state index contributed by atoms with van der Waals surface area (Å²) in [4.78, 5) is 22.3. The normalized spacial score (nSPS) is 15.4. The van der Waals surface area contributed by atoms with Crippen molar-refractivity contribution in [1.82, 2.24) is 23.9 Å². The van der Waals surface area contributed by atoms with Crippen LogP contribution in [0, 0.1) is 6.92 Å². The van der Waals surface area contributed by atoms with Gasteiger partial charge in [0.1, 0.15) is 12.1 Å². The van der Waals surface area contributed by atoms with E-state index in [2.05, 4.69) is 15.1 Å². The topological polar surface area (TPSA) is 110 Å². The molecular formula is C22H25F3N6O4S. The number of rotatable bonds is 7. The van der Waals surface area contributed by atoms with Crippen LogP contribution < -0.4 is 4.90 Å². The van der Waals surface area contributed by atoms with Gasteiger partial charge in [0.25, 0.3) is 5.78 Å². The Balaban J connectivity index is 1.56. The predicted molar refractivity (Wildman–Crippen MR) is 123 cm³/mol. The Kier molecular flexibility index (Phi) is 7.18. The third kappa shape index (κ3) is 5.14. The highest BCUT2D eigenvalue weighted by Gasteiger charge is 2.33. The van der Waals surface area contributed by atoms with Crippen molar-refractivity contribution in [3.05, 3.63) is 47.4 Å². The molecule has 36 heavy (non-hydrogen) atoms. The number of sulfonamides is 1. The number of hydrogen-bond donors (Lipinski definition) is 0. The van der Waals surface area contributed by atoms with Gasteiger partial charge in [-0.2, -0.15) is 32.1 Å². The quantitative estimate of drug-likeness (QED) is 0.432. The highest BCUT2D eigenvalue weighted by Crippen LogP contribution is 2.31. The molecule has 0 bridgehead atoms. The number of carbonyl (C=O) groups is 1. The molecule has 194 valence electrons. The summed E-state index contributed by atoms with van der Waals surface area (Å²) in [6.07, 6.45) is -2.68. The minimum absolute atomic E-state index is 0.109. The van der Waals surface area contributed by atoms with Crippen LogP contribution in [0.4, 0.5) is 19.0 Å². The van der Waals surface area contributed by atoms with Crippen molar-refractivity contribution in [3.8, 4) is 0 Å². The van der Waals surface area contributed by atoms with Crippen LogP contribution in [0.5, 0.6) is 0 Å². The van der Waals surface area contributed by atoms with E-state index in [9.17, 15) is 26.4 Å². The van der Waals surface area contributed by atoms with E-state index in [4.69, 9.17) is 4.74 Å². The van der Waals surface area contributed by atoms with Crippen LogP contribution in [-0.2, 0) is 32.2 Å². The number of anilines is 1. The van der Waals surface area contributed by atoms with Gasteiger partial charge in [0.05, 0.1) is 17.1 Å². The standard InChI is InChI=1S/C22H25F3N6O4S/c1-3-35-19(32)9-8-18-15(2)28-21-26-14-27-31(21)20(18)29-10-12-30(13-11-29)36(33,34)17-6-4-16(5-7-17)22(23,24)25/h4-7,14H,3,8-13H2,1-2H3. The summed E-state index contributed by atoms with van der Waals surface area (Å²) in [5.74, 6) is 0.710. The number of nitrogens with zero attached hydrogens (tertiary/aromatic N) is 6. The highest BCUT2D eigenvalue weighted by molar-refractivity contribution is 7.89. The molecule has 0 spiro atoms. The van der Waals surface area contributed by atoms with Gasteiger partial charge in [0, 0.05) is 43.9 Å². The molecule has 3 aromatic rings. The second-order valence-corrected chi connectivity index (χ2v) is 10.1. The second kappa shape index (κ2) is 10.0. The van der Waals surface area contributed by atoms with Gasteiger partial charge < -0.3 is 9.64 Å². The van der Waals surface area contributed by atoms with E-state index in [0.29, 0.717) is 36.8 Å². The van der Waals surface area contributed by atoms with Crippen LogP contribution in [0.2, 0.25) is 0 Å². The summed E-state index contributed by atoms with van der Waals surface area (Å²) in [5, 5.41) is 4.26. The van der Waals surface area contributed by atoms with Crippen LogP contribution in [0.15, 0.2) is 35.5 Å². The van der Waals surface area contributed by atoms with Gasteiger partial charge in [0.2, 0.25) is 10.0 Å². The number of ether oxygens (including phenoxy) is 1. The Morgan fingerprint density at radius 3 is 2.39 bits per heavy atom. The van der Waals surface area contributed by atoms with Crippen molar-refractivity contribution in [2.45, 2.75) is 37.8 Å². The first-order valence-corrected chi connectivity index (χ1v) is 12.7. The van der Waals surface area contributed by atoms with Crippen LogP contribution in [0.3, 0.4) is 0 Å². The lowest BCUT2D eigenvalue weighted by Crippen LogP contribution is -2.49. The number of aromatic nitrogens is 4. The molecule has 0 saturated carbocycles. The SMILES string of the molecule is CCOC(=O)CCc1c(C)nc2ncnn2c1N1CCN(S(=O)(=O)c2ccc(C(F)(F)F)cc2)CC1.